The lowest BCUT2D eigenvalue weighted by Crippen LogP contribution is -2.44. The Balaban J connectivity index is 2.08. The fraction of sp³-hybridized carbons (Fsp3) is 0.429. The molecule has 0 spiro atoms. The number of nitrogens with one attached hydrogen (secondary N) is 1. The van der Waals surface area contributed by atoms with E-state index in [-0.39, 0.29) is 12.0 Å². The van der Waals surface area contributed by atoms with Gasteiger partial charge in [-0.2, -0.15) is 0 Å². The van der Waals surface area contributed by atoms with Gasteiger partial charge in [-0.05, 0) is 31.0 Å². The first-order chi connectivity index (χ1) is 10.0. The average Bonchev–Trinajstić information content (AvgIpc) is 2.46. The monoisotopic (exact) mass is 292 g/mol. The van der Waals surface area contributed by atoms with Crippen molar-refractivity contribution in [2.24, 2.45) is 5.73 Å². The van der Waals surface area contributed by atoms with Crippen LogP contribution in [0.25, 0.3) is 0 Å². The summed E-state index contributed by atoms with van der Waals surface area (Å²) in [6.45, 7) is 0.987. The summed E-state index contributed by atoms with van der Waals surface area (Å²) in [6, 6.07) is 5.14. The van der Waals surface area contributed by atoms with Crippen LogP contribution in [0.5, 0.6) is 0 Å². The Morgan fingerprint density at radius 1 is 1.43 bits per heavy atom. The third-order valence-electron chi connectivity index (χ3n) is 3.52. The molecule has 2 amide bonds. The van der Waals surface area contributed by atoms with Gasteiger partial charge in [0.15, 0.2) is 0 Å². The molecule has 0 unspecified atom stereocenters. The third kappa shape index (κ3) is 3.56. The highest BCUT2D eigenvalue weighted by Crippen LogP contribution is 2.22. The molecule has 1 aromatic rings. The van der Waals surface area contributed by atoms with Gasteiger partial charge < -0.3 is 26.4 Å². The van der Waals surface area contributed by atoms with Crippen LogP contribution in [-0.4, -0.2) is 43.1 Å². The van der Waals surface area contributed by atoms with E-state index in [0.29, 0.717) is 30.8 Å². The zero-order valence-electron chi connectivity index (χ0n) is 12.0. The van der Waals surface area contributed by atoms with Crippen LogP contribution >= 0.6 is 0 Å². The molecule has 0 aliphatic carbocycles. The van der Waals surface area contributed by atoms with E-state index in [1.165, 1.54) is 0 Å². The number of carbonyl (C=O) groups excluding carboxylic acids is 2. The van der Waals surface area contributed by atoms with Gasteiger partial charge in [-0.25, -0.2) is 4.79 Å². The predicted molar refractivity (Wildman–Crippen MR) is 80.0 cm³/mol. The highest BCUT2D eigenvalue weighted by atomic mass is 16.6. The summed E-state index contributed by atoms with van der Waals surface area (Å²) in [6.07, 6.45) is 0.340. The highest BCUT2D eigenvalue weighted by Gasteiger charge is 2.26. The highest BCUT2D eigenvalue weighted by molar-refractivity contribution is 5.96. The minimum absolute atomic E-state index is 0.123. The summed E-state index contributed by atoms with van der Waals surface area (Å²) < 4.78 is 4.98. The van der Waals surface area contributed by atoms with E-state index in [9.17, 15) is 9.59 Å². The van der Waals surface area contributed by atoms with Crippen molar-refractivity contribution in [2.45, 2.75) is 18.9 Å². The quantitative estimate of drug-likeness (QED) is 0.720. The summed E-state index contributed by atoms with van der Waals surface area (Å²) in [5.74, 6) is -0.123. The van der Waals surface area contributed by atoms with Crippen LogP contribution in [0, 0.1) is 0 Å². The topological polar surface area (TPSA) is 111 Å². The summed E-state index contributed by atoms with van der Waals surface area (Å²) in [7, 11) is 1.77. The molecular weight excluding hydrogens is 272 g/mol. The second-order valence-corrected chi connectivity index (χ2v) is 5.00. The number of hydrogen-bond donors (Lipinski definition) is 3. The molecule has 1 aromatic carbocycles. The number of primary amides is 1. The Hall–Kier alpha value is -2.44. The largest absolute Gasteiger partial charge is 0.445 e. The number of rotatable bonds is 3. The first-order valence-corrected chi connectivity index (χ1v) is 6.84. The van der Waals surface area contributed by atoms with Gasteiger partial charge in [0.05, 0.1) is 17.9 Å². The number of nitrogens with zero attached hydrogens (tertiary/aromatic N) is 1. The zero-order valence-corrected chi connectivity index (χ0v) is 12.0. The van der Waals surface area contributed by atoms with Crippen LogP contribution in [0.1, 0.15) is 23.2 Å². The summed E-state index contributed by atoms with van der Waals surface area (Å²) in [5.41, 5.74) is 12.7. The number of benzene rings is 1. The number of ether oxygens (including phenoxy) is 1. The number of piperidine rings is 1. The molecule has 21 heavy (non-hydrogen) atoms. The van der Waals surface area contributed by atoms with Crippen LogP contribution < -0.4 is 16.8 Å². The van der Waals surface area contributed by atoms with E-state index in [0.717, 1.165) is 12.1 Å². The van der Waals surface area contributed by atoms with E-state index in [1.54, 1.807) is 30.1 Å². The zero-order chi connectivity index (χ0) is 15.4. The van der Waals surface area contributed by atoms with E-state index < -0.39 is 6.09 Å². The second-order valence-electron chi connectivity index (χ2n) is 5.00. The van der Waals surface area contributed by atoms with Crippen LogP contribution in [-0.2, 0) is 4.74 Å². The molecule has 0 bridgehead atoms. The smallest absolute Gasteiger partial charge is 0.404 e. The predicted octanol–water partition coefficient (Wildman–Crippen LogP) is 1.01. The van der Waals surface area contributed by atoms with Crippen LogP contribution in [0.3, 0.4) is 0 Å². The lowest BCUT2D eigenvalue weighted by molar-refractivity contribution is 0.0373. The lowest BCUT2D eigenvalue weighted by Gasteiger charge is -2.32. The van der Waals surface area contributed by atoms with E-state index >= 15 is 0 Å². The standard InChI is InChI=1S/C14H20N4O3/c1-17-12-5-4-9(7-11(12)15)13(19)18-6-2-3-10(8-18)21-14(16)20/h4-5,7,10,17H,2-3,6,8,15H2,1H3,(H2,16,20)/t10-/m1/s1. The molecule has 1 atom stereocenters. The molecule has 2 rings (SSSR count). The Morgan fingerprint density at radius 2 is 2.19 bits per heavy atom. The molecule has 7 heteroatoms. The fourth-order valence-electron chi connectivity index (χ4n) is 2.49. The maximum absolute atomic E-state index is 12.5. The van der Waals surface area contributed by atoms with E-state index in [4.69, 9.17) is 16.2 Å². The second kappa shape index (κ2) is 6.34. The Morgan fingerprint density at radius 3 is 2.81 bits per heavy atom. The normalized spacial score (nSPS) is 18.1. The minimum atomic E-state index is -0.808. The molecule has 1 fully saturated rings. The van der Waals surface area contributed by atoms with Crippen molar-refractivity contribution in [3.05, 3.63) is 23.8 Å². The third-order valence-corrected chi connectivity index (χ3v) is 3.52. The van der Waals surface area contributed by atoms with E-state index in [2.05, 4.69) is 5.32 Å². The number of nitrogens with two attached hydrogens (primary N) is 2. The lowest BCUT2D eigenvalue weighted by atomic mass is 10.1. The van der Waals surface area contributed by atoms with E-state index in [1.807, 2.05) is 0 Å². The van der Waals surface area contributed by atoms with Crippen LogP contribution in [0.4, 0.5) is 16.2 Å². The van der Waals surface area contributed by atoms with Crippen molar-refractivity contribution in [3.63, 3.8) is 0 Å². The Labute approximate surface area is 123 Å². The number of amides is 2. The maximum atomic E-state index is 12.5. The van der Waals surface area contributed by atoms with Crippen molar-refractivity contribution in [3.8, 4) is 0 Å². The van der Waals surface area contributed by atoms with Crippen molar-refractivity contribution >= 4 is 23.4 Å². The van der Waals surface area contributed by atoms with Gasteiger partial charge in [0.1, 0.15) is 6.10 Å². The minimum Gasteiger partial charge on any atom is -0.445 e. The molecule has 1 heterocycles. The first-order valence-electron chi connectivity index (χ1n) is 6.84. The molecule has 5 N–H and O–H groups in total. The van der Waals surface area contributed by atoms with Gasteiger partial charge in [0, 0.05) is 19.2 Å². The number of likely N-dealkylation sites (tertiary alicyclic amines) is 1. The van der Waals surface area contributed by atoms with Gasteiger partial charge in [0.2, 0.25) is 0 Å². The number of nitrogen functional groups attached to an aromatic ring is 1. The molecule has 7 nitrogen and oxygen atoms in total. The fourth-order valence-corrected chi connectivity index (χ4v) is 2.49. The summed E-state index contributed by atoms with van der Waals surface area (Å²) >= 11 is 0. The average molecular weight is 292 g/mol. The number of hydrogen-bond acceptors (Lipinski definition) is 5. The molecule has 0 radical (unpaired) electrons. The molecule has 0 saturated carbocycles. The number of carbonyl (C=O) groups is 2. The van der Waals surface area contributed by atoms with Crippen molar-refractivity contribution in [2.75, 3.05) is 31.2 Å². The van der Waals surface area contributed by atoms with Crippen molar-refractivity contribution < 1.29 is 14.3 Å². The Bertz CT molecular complexity index is 547. The SMILES string of the molecule is CNc1ccc(C(=O)N2CCC[C@@H](OC(N)=O)C2)cc1N. The van der Waals surface area contributed by atoms with Crippen molar-refractivity contribution in [1.82, 2.24) is 4.90 Å². The molecule has 1 aliphatic heterocycles. The van der Waals surface area contributed by atoms with Gasteiger partial charge >= 0.3 is 6.09 Å². The van der Waals surface area contributed by atoms with Gasteiger partial charge in [-0.1, -0.05) is 0 Å². The van der Waals surface area contributed by atoms with Crippen LogP contribution in [0.2, 0.25) is 0 Å². The summed E-state index contributed by atoms with van der Waals surface area (Å²) in [5, 5.41) is 2.95. The van der Waals surface area contributed by atoms with Crippen LogP contribution in [0.15, 0.2) is 18.2 Å². The van der Waals surface area contributed by atoms with Gasteiger partial charge in [-0.3, -0.25) is 4.79 Å². The molecule has 1 aliphatic rings. The van der Waals surface area contributed by atoms with Gasteiger partial charge in [0.25, 0.3) is 5.91 Å². The number of anilines is 2. The Kier molecular flexibility index (Phi) is 4.52. The summed E-state index contributed by atoms with van der Waals surface area (Å²) in [4.78, 5) is 24.9. The first kappa shape index (κ1) is 15.0. The molecular formula is C14H20N4O3. The molecule has 1 saturated heterocycles. The molecule has 0 aromatic heterocycles. The maximum Gasteiger partial charge on any atom is 0.404 e. The van der Waals surface area contributed by atoms with Gasteiger partial charge in [-0.15, -0.1) is 0 Å². The van der Waals surface area contributed by atoms with Crippen molar-refractivity contribution in [1.29, 1.82) is 0 Å². The molecule has 114 valence electrons.